The Morgan fingerprint density at radius 3 is 2.74 bits per heavy atom. The molecule has 1 atom stereocenters. The van der Waals surface area contributed by atoms with Gasteiger partial charge in [0.05, 0.1) is 24.7 Å². The monoisotopic (exact) mass is 260 g/mol. The molecule has 1 saturated heterocycles. The second kappa shape index (κ2) is 5.40. The van der Waals surface area contributed by atoms with Crippen LogP contribution in [0.3, 0.4) is 0 Å². The van der Waals surface area contributed by atoms with Crippen LogP contribution in [0.25, 0.3) is 0 Å². The highest BCUT2D eigenvalue weighted by molar-refractivity contribution is 5.88. The lowest BCUT2D eigenvalue weighted by Gasteiger charge is -2.31. The Hall–Kier alpha value is -2.55. The number of benzene rings is 1. The molecule has 6 nitrogen and oxygen atoms in total. The number of carbonyl (C=O) groups excluding carboxylic acids is 1. The summed E-state index contributed by atoms with van der Waals surface area (Å²) >= 11 is 0. The van der Waals surface area contributed by atoms with Gasteiger partial charge in [0.15, 0.2) is 0 Å². The Balaban J connectivity index is 2.14. The number of hydrogen-bond acceptors (Lipinski definition) is 4. The molecule has 0 radical (unpaired) electrons. The molecule has 2 rings (SSSR count). The number of anilines is 1. The van der Waals surface area contributed by atoms with Crippen molar-refractivity contribution in [3.63, 3.8) is 0 Å². The first-order chi connectivity index (χ1) is 9.10. The third-order valence-corrected chi connectivity index (χ3v) is 2.88. The molecular formula is C13H12N2O4. The van der Waals surface area contributed by atoms with E-state index >= 15 is 0 Å². The van der Waals surface area contributed by atoms with Crippen LogP contribution in [0.2, 0.25) is 0 Å². The average Bonchev–Trinajstić information content (AvgIpc) is 2.40. The molecule has 1 aliphatic heterocycles. The van der Waals surface area contributed by atoms with E-state index in [1.807, 2.05) is 6.07 Å². The van der Waals surface area contributed by atoms with E-state index in [0.29, 0.717) is 17.8 Å². The number of cyclic esters (lactones) is 1. The number of hydrogen-bond donors (Lipinski definition) is 1. The van der Waals surface area contributed by atoms with E-state index in [0.717, 1.165) is 0 Å². The Kier molecular flexibility index (Phi) is 3.66. The van der Waals surface area contributed by atoms with Crippen LogP contribution in [0, 0.1) is 17.2 Å². The van der Waals surface area contributed by atoms with Crippen LogP contribution >= 0.6 is 0 Å². The molecule has 1 heterocycles. The molecule has 19 heavy (non-hydrogen) atoms. The first-order valence-corrected chi connectivity index (χ1v) is 5.76. The average molecular weight is 260 g/mol. The molecule has 1 aliphatic rings. The minimum absolute atomic E-state index is 0.0416. The Bertz CT molecular complexity index is 533. The topological polar surface area (TPSA) is 90.6 Å². The van der Waals surface area contributed by atoms with E-state index in [1.165, 1.54) is 4.90 Å². The summed E-state index contributed by atoms with van der Waals surface area (Å²) in [5, 5.41) is 17.5. The lowest BCUT2D eigenvalue weighted by molar-refractivity contribution is -0.138. The van der Waals surface area contributed by atoms with Gasteiger partial charge >= 0.3 is 12.1 Å². The first-order valence-electron chi connectivity index (χ1n) is 5.76. The molecule has 1 fully saturated rings. The maximum atomic E-state index is 11.7. The molecule has 1 N–H and O–H groups in total. The Labute approximate surface area is 109 Å². The number of aliphatic carboxylic acids is 1. The highest BCUT2D eigenvalue weighted by Gasteiger charge is 2.29. The quantitative estimate of drug-likeness (QED) is 0.891. The summed E-state index contributed by atoms with van der Waals surface area (Å²) in [5.41, 5.74) is 1.09. The predicted molar refractivity (Wildman–Crippen MR) is 65.6 cm³/mol. The van der Waals surface area contributed by atoms with E-state index in [4.69, 9.17) is 15.1 Å². The van der Waals surface area contributed by atoms with Gasteiger partial charge in [-0.1, -0.05) is 0 Å². The third-order valence-electron chi connectivity index (χ3n) is 2.88. The number of nitrogens with zero attached hydrogens (tertiary/aromatic N) is 2. The van der Waals surface area contributed by atoms with E-state index in [1.54, 1.807) is 24.3 Å². The zero-order chi connectivity index (χ0) is 13.8. The molecule has 6 heteroatoms. The zero-order valence-corrected chi connectivity index (χ0v) is 10.1. The molecule has 1 unspecified atom stereocenters. The van der Waals surface area contributed by atoms with Crippen molar-refractivity contribution in [3.05, 3.63) is 29.8 Å². The van der Waals surface area contributed by atoms with Gasteiger partial charge in [0.2, 0.25) is 0 Å². The molecule has 1 aromatic carbocycles. The predicted octanol–water partition coefficient (Wildman–Crippen LogP) is 1.61. The number of carboxylic acid groups (broad SMARTS) is 1. The smallest absolute Gasteiger partial charge is 0.414 e. The molecule has 1 aromatic rings. The number of carbonyl (C=O) groups is 2. The number of nitriles is 1. The lowest BCUT2D eigenvalue weighted by atomic mass is 10.0. The molecule has 0 bridgehead atoms. The van der Waals surface area contributed by atoms with Crippen molar-refractivity contribution in [1.29, 1.82) is 5.26 Å². The highest BCUT2D eigenvalue weighted by atomic mass is 16.6. The molecule has 0 aromatic heterocycles. The molecule has 0 spiro atoms. The van der Waals surface area contributed by atoms with Crippen LogP contribution < -0.4 is 4.90 Å². The summed E-state index contributed by atoms with van der Waals surface area (Å²) in [6.07, 6.45) is -0.536. The van der Waals surface area contributed by atoms with Gasteiger partial charge in [0, 0.05) is 18.2 Å². The minimum Gasteiger partial charge on any atom is -0.481 e. The second-order valence-corrected chi connectivity index (χ2v) is 4.31. The number of carboxylic acids is 1. The SMILES string of the molecule is N#Cc1ccc(N2CC(CC(=O)O)COC2=O)cc1. The fraction of sp³-hybridized carbons (Fsp3) is 0.308. The van der Waals surface area contributed by atoms with Crippen molar-refractivity contribution in [2.45, 2.75) is 6.42 Å². The molecular weight excluding hydrogens is 248 g/mol. The molecule has 1 amide bonds. The summed E-state index contributed by atoms with van der Waals surface area (Å²) in [6, 6.07) is 8.48. The van der Waals surface area contributed by atoms with Crippen LogP contribution in [-0.4, -0.2) is 30.3 Å². The maximum Gasteiger partial charge on any atom is 0.414 e. The maximum absolute atomic E-state index is 11.7. The summed E-state index contributed by atoms with van der Waals surface area (Å²) in [5.74, 6) is -1.14. The standard InChI is InChI=1S/C13H12N2O4/c14-6-9-1-3-11(4-2-9)15-7-10(5-12(16)17)8-19-13(15)18/h1-4,10H,5,7-8H2,(H,16,17). The van der Waals surface area contributed by atoms with Crippen LogP contribution in [0.4, 0.5) is 10.5 Å². The van der Waals surface area contributed by atoms with Gasteiger partial charge in [0.1, 0.15) is 0 Å². The van der Waals surface area contributed by atoms with Gasteiger partial charge in [-0.2, -0.15) is 5.26 Å². The third kappa shape index (κ3) is 3.01. The summed E-state index contributed by atoms with van der Waals surface area (Å²) in [4.78, 5) is 23.7. The normalized spacial score (nSPS) is 18.6. The van der Waals surface area contributed by atoms with Crippen molar-refractivity contribution >= 4 is 17.7 Å². The van der Waals surface area contributed by atoms with Crippen LogP contribution in [0.15, 0.2) is 24.3 Å². The van der Waals surface area contributed by atoms with E-state index < -0.39 is 12.1 Å². The van der Waals surface area contributed by atoms with Crippen molar-refractivity contribution in [3.8, 4) is 6.07 Å². The van der Waals surface area contributed by atoms with Gasteiger partial charge in [-0.05, 0) is 24.3 Å². The first kappa shape index (κ1) is 12.9. The van der Waals surface area contributed by atoms with Gasteiger partial charge in [-0.3, -0.25) is 9.69 Å². The number of rotatable bonds is 3. The number of ether oxygens (including phenoxy) is 1. The Morgan fingerprint density at radius 2 is 2.16 bits per heavy atom. The van der Waals surface area contributed by atoms with Crippen LogP contribution in [-0.2, 0) is 9.53 Å². The van der Waals surface area contributed by atoms with E-state index in [-0.39, 0.29) is 18.9 Å². The van der Waals surface area contributed by atoms with Gasteiger partial charge < -0.3 is 9.84 Å². The van der Waals surface area contributed by atoms with E-state index in [9.17, 15) is 9.59 Å². The number of amides is 1. The summed E-state index contributed by atoms with van der Waals surface area (Å²) in [6.45, 7) is 0.426. The fourth-order valence-corrected chi connectivity index (χ4v) is 1.95. The van der Waals surface area contributed by atoms with Crippen molar-refractivity contribution in [1.82, 2.24) is 0 Å². The molecule has 0 saturated carbocycles. The van der Waals surface area contributed by atoms with Crippen molar-refractivity contribution in [2.75, 3.05) is 18.1 Å². The van der Waals surface area contributed by atoms with E-state index in [2.05, 4.69) is 0 Å². The zero-order valence-electron chi connectivity index (χ0n) is 10.1. The highest BCUT2D eigenvalue weighted by Crippen LogP contribution is 2.22. The fourth-order valence-electron chi connectivity index (χ4n) is 1.95. The summed E-state index contributed by atoms with van der Waals surface area (Å²) < 4.78 is 4.97. The van der Waals surface area contributed by atoms with Crippen LogP contribution in [0.5, 0.6) is 0 Å². The lowest BCUT2D eigenvalue weighted by Crippen LogP contribution is -2.43. The summed E-state index contributed by atoms with van der Waals surface area (Å²) in [7, 11) is 0. The Morgan fingerprint density at radius 1 is 1.47 bits per heavy atom. The second-order valence-electron chi connectivity index (χ2n) is 4.31. The van der Waals surface area contributed by atoms with Gasteiger partial charge in [-0.15, -0.1) is 0 Å². The molecule has 0 aliphatic carbocycles. The van der Waals surface area contributed by atoms with Gasteiger partial charge in [-0.25, -0.2) is 4.79 Å². The van der Waals surface area contributed by atoms with Crippen molar-refractivity contribution in [2.24, 2.45) is 5.92 Å². The molecule has 98 valence electrons. The minimum atomic E-state index is -0.914. The van der Waals surface area contributed by atoms with Gasteiger partial charge in [0.25, 0.3) is 0 Å². The van der Waals surface area contributed by atoms with Crippen molar-refractivity contribution < 1.29 is 19.4 Å². The van der Waals surface area contributed by atoms with Crippen LogP contribution in [0.1, 0.15) is 12.0 Å². The largest absolute Gasteiger partial charge is 0.481 e.